The van der Waals surface area contributed by atoms with Crippen molar-refractivity contribution in [2.45, 2.75) is 32.7 Å². The maximum Gasteiger partial charge on any atom is 0.141 e. The van der Waals surface area contributed by atoms with Crippen molar-refractivity contribution in [3.63, 3.8) is 0 Å². The van der Waals surface area contributed by atoms with Gasteiger partial charge in [-0.3, -0.25) is 9.88 Å². The molecular weight excluding hydrogens is 188 g/mol. The summed E-state index contributed by atoms with van der Waals surface area (Å²) in [5.41, 5.74) is 1.73. The van der Waals surface area contributed by atoms with Gasteiger partial charge in [0.1, 0.15) is 5.75 Å². The second kappa shape index (κ2) is 4.62. The Labute approximate surface area is 90.8 Å². The van der Waals surface area contributed by atoms with Gasteiger partial charge in [0.2, 0.25) is 0 Å². The highest BCUT2D eigenvalue weighted by Gasteiger charge is 2.13. The molecule has 2 heterocycles. The normalized spacial score (nSPS) is 17.9. The maximum atomic E-state index is 9.84. The molecule has 1 saturated heterocycles. The number of piperidine rings is 1. The minimum Gasteiger partial charge on any atom is -0.506 e. The van der Waals surface area contributed by atoms with Crippen LogP contribution in [0.3, 0.4) is 0 Å². The van der Waals surface area contributed by atoms with E-state index >= 15 is 0 Å². The average Bonchev–Trinajstić information content (AvgIpc) is 2.26. The van der Waals surface area contributed by atoms with E-state index < -0.39 is 0 Å². The second-order valence-electron chi connectivity index (χ2n) is 4.24. The first kappa shape index (κ1) is 10.4. The molecule has 15 heavy (non-hydrogen) atoms. The molecule has 1 fully saturated rings. The van der Waals surface area contributed by atoms with Gasteiger partial charge in [0, 0.05) is 18.3 Å². The summed E-state index contributed by atoms with van der Waals surface area (Å²) in [6.07, 6.45) is 5.68. The van der Waals surface area contributed by atoms with Crippen LogP contribution in [0.1, 0.15) is 30.5 Å². The Bertz CT molecular complexity index is 332. The van der Waals surface area contributed by atoms with Gasteiger partial charge in [-0.1, -0.05) is 6.42 Å². The van der Waals surface area contributed by atoms with E-state index in [0.717, 1.165) is 30.9 Å². The number of hydrogen-bond donors (Lipinski definition) is 1. The molecule has 1 aliphatic rings. The Morgan fingerprint density at radius 2 is 2.07 bits per heavy atom. The summed E-state index contributed by atoms with van der Waals surface area (Å²) in [5.74, 6) is 0.364. The standard InChI is InChI=1S/C12H18N2O/c1-10-12(15)11(5-6-13-10)9-14-7-3-2-4-8-14/h5-6,15H,2-4,7-9H2,1H3. The number of pyridine rings is 1. The maximum absolute atomic E-state index is 9.84. The summed E-state index contributed by atoms with van der Waals surface area (Å²) >= 11 is 0. The minimum absolute atomic E-state index is 0.364. The van der Waals surface area contributed by atoms with Crippen molar-refractivity contribution in [2.24, 2.45) is 0 Å². The van der Waals surface area contributed by atoms with Crippen molar-refractivity contribution in [3.05, 3.63) is 23.5 Å². The van der Waals surface area contributed by atoms with E-state index in [-0.39, 0.29) is 0 Å². The van der Waals surface area contributed by atoms with Crippen LogP contribution in [0.5, 0.6) is 5.75 Å². The smallest absolute Gasteiger partial charge is 0.141 e. The predicted octanol–water partition coefficient (Wildman–Crippen LogP) is 2.08. The molecule has 0 unspecified atom stereocenters. The lowest BCUT2D eigenvalue weighted by Gasteiger charge is -2.26. The van der Waals surface area contributed by atoms with Crippen molar-refractivity contribution < 1.29 is 5.11 Å². The topological polar surface area (TPSA) is 36.4 Å². The minimum atomic E-state index is 0.364. The van der Waals surface area contributed by atoms with Gasteiger partial charge < -0.3 is 5.11 Å². The van der Waals surface area contributed by atoms with Crippen LogP contribution in [0.2, 0.25) is 0 Å². The predicted molar refractivity (Wildman–Crippen MR) is 59.8 cm³/mol. The van der Waals surface area contributed by atoms with E-state index in [1.807, 2.05) is 13.0 Å². The highest BCUT2D eigenvalue weighted by molar-refractivity contribution is 5.34. The molecule has 2 rings (SSSR count). The molecule has 3 nitrogen and oxygen atoms in total. The number of aromatic nitrogens is 1. The second-order valence-corrected chi connectivity index (χ2v) is 4.24. The number of hydrogen-bond acceptors (Lipinski definition) is 3. The summed E-state index contributed by atoms with van der Waals surface area (Å²) in [6, 6.07) is 1.91. The van der Waals surface area contributed by atoms with Gasteiger partial charge in [-0.15, -0.1) is 0 Å². The molecule has 0 bridgehead atoms. The number of rotatable bonds is 2. The zero-order valence-electron chi connectivity index (χ0n) is 9.24. The van der Waals surface area contributed by atoms with Gasteiger partial charge >= 0.3 is 0 Å². The Morgan fingerprint density at radius 3 is 2.80 bits per heavy atom. The fourth-order valence-corrected chi connectivity index (χ4v) is 2.10. The first-order valence-corrected chi connectivity index (χ1v) is 5.63. The quantitative estimate of drug-likeness (QED) is 0.805. The highest BCUT2D eigenvalue weighted by Crippen LogP contribution is 2.22. The molecule has 3 heteroatoms. The lowest BCUT2D eigenvalue weighted by Crippen LogP contribution is -2.29. The number of aromatic hydroxyl groups is 1. The molecule has 0 aromatic carbocycles. The van der Waals surface area contributed by atoms with E-state index in [1.165, 1.54) is 19.3 Å². The summed E-state index contributed by atoms with van der Waals surface area (Å²) in [4.78, 5) is 6.46. The Hall–Kier alpha value is -1.09. The monoisotopic (exact) mass is 206 g/mol. The van der Waals surface area contributed by atoms with Crippen LogP contribution in [-0.4, -0.2) is 28.1 Å². The van der Waals surface area contributed by atoms with Gasteiger partial charge in [-0.25, -0.2) is 0 Å². The third-order valence-electron chi connectivity index (χ3n) is 3.03. The summed E-state index contributed by atoms with van der Waals surface area (Å²) in [5, 5.41) is 9.84. The fourth-order valence-electron chi connectivity index (χ4n) is 2.10. The van der Waals surface area contributed by atoms with E-state index in [4.69, 9.17) is 0 Å². The third kappa shape index (κ3) is 2.48. The SMILES string of the molecule is Cc1nccc(CN2CCCCC2)c1O. The van der Waals surface area contributed by atoms with Gasteiger partial charge in [-0.05, 0) is 38.9 Å². The molecule has 1 N–H and O–H groups in total. The van der Waals surface area contributed by atoms with Crippen LogP contribution in [0.25, 0.3) is 0 Å². The molecule has 0 atom stereocenters. The van der Waals surface area contributed by atoms with Crippen molar-refractivity contribution >= 4 is 0 Å². The third-order valence-corrected chi connectivity index (χ3v) is 3.03. The van der Waals surface area contributed by atoms with Crippen molar-refractivity contribution in [2.75, 3.05) is 13.1 Å². The Kier molecular flexibility index (Phi) is 3.21. The van der Waals surface area contributed by atoms with Crippen LogP contribution in [0.4, 0.5) is 0 Å². The first-order chi connectivity index (χ1) is 7.27. The number of aryl methyl sites for hydroxylation is 1. The molecule has 1 aromatic rings. The summed E-state index contributed by atoms with van der Waals surface area (Å²) in [7, 11) is 0. The summed E-state index contributed by atoms with van der Waals surface area (Å²) < 4.78 is 0. The zero-order valence-corrected chi connectivity index (χ0v) is 9.24. The molecule has 0 aliphatic carbocycles. The molecule has 82 valence electrons. The largest absolute Gasteiger partial charge is 0.506 e. The van der Waals surface area contributed by atoms with E-state index in [9.17, 15) is 5.11 Å². The van der Waals surface area contributed by atoms with Crippen LogP contribution >= 0.6 is 0 Å². The van der Waals surface area contributed by atoms with Crippen molar-refractivity contribution in [1.29, 1.82) is 0 Å². The lowest BCUT2D eigenvalue weighted by atomic mass is 10.1. The molecule has 0 radical (unpaired) electrons. The molecule has 1 aromatic heterocycles. The zero-order chi connectivity index (χ0) is 10.7. The van der Waals surface area contributed by atoms with E-state index in [1.54, 1.807) is 6.20 Å². The van der Waals surface area contributed by atoms with Gasteiger partial charge in [-0.2, -0.15) is 0 Å². The van der Waals surface area contributed by atoms with E-state index in [0.29, 0.717) is 5.75 Å². The van der Waals surface area contributed by atoms with Crippen LogP contribution in [-0.2, 0) is 6.54 Å². The van der Waals surface area contributed by atoms with Gasteiger partial charge in [0.25, 0.3) is 0 Å². The fraction of sp³-hybridized carbons (Fsp3) is 0.583. The Morgan fingerprint density at radius 1 is 1.33 bits per heavy atom. The van der Waals surface area contributed by atoms with Crippen molar-refractivity contribution in [1.82, 2.24) is 9.88 Å². The number of nitrogens with zero attached hydrogens (tertiary/aromatic N) is 2. The summed E-state index contributed by atoms with van der Waals surface area (Å²) in [6.45, 7) is 5.01. The highest BCUT2D eigenvalue weighted by atomic mass is 16.3. The van der Waals surface area contributed by atoms with Crippen LogP contribution < -0.4 is 0 Å². The van der Waals surface area contributed by atoms with Crippen molar-refractivity contribution in [3.8, 4) is 5.75 Å². The number of likely N-dealkylation sites (tertiary alicyclic amines) is 1. The Balaban J connectivity index is 2.06. The molecule has 0 amide bonds. The van der Waals surface area contributed by atoms with Crippen LogP contribution in [0, 0.1) is 6.92 Å². The van der Waals surface area contributed by atoms with Crippen LogP contribution in [0.15, 0.2) is 12.3 Å². The van der Waals surface area contributed by atoms with E-state index in [2.05, 4.69) is 9.88 Å². The average molecular weight is 206 g/mol. The van der Waals surface area contributed by atoms with Gasteiger partial charge in [0.15, 0.2) is 0 Å². The lowest BCUT2D eigenvalue weighted by molar-refractivity contribution is 0.218. The molecule has 0 spiro atoms. The van der Waals surface area contributed by atoms with Gasteiger partial charge in [0.05, 0.1) is 5.69 Å². The first-order valence-electron chi connectivity index (χ1n) is 5.63. The molecular formula is C12H18N2O. The molecule has 0 saturated carbocycles. The molecule has 1 aliphatic heterocycles.